The van der Waals surface area contributed by atoms with E-state index in [0.717, 1.165) is 34.3 Å². The van der Waals surface area contributed by atoms with E-state index in [9.17, 15) is 22.8 Å². The van der Waals surface area contributed by atoms with Gasteiger partial charge in [-0.25, -0.2) is 9.78 Å². The first-order valence-corrected chi connectivity index (χ1v) is 13.8. The van der Waals surface area contributed by atoms with Crippen LogP contribution in [0.2, 0.25) is 0 Å². The Morgan fingerprint density at radius 1 is 1.07 bits per heavy atom. The zero-order valence-corrected chi connectivity index (χ0v) is 23.3. The molecular weight excluding hydrogens is 561 g/mol. The fraction of sp³-hybridized carbons (Fsp3) is 0.357. The van der Waals surface area contributed by atoms with E-state index in [2.05, 4.69) is 16.8 Å². The third-order valence-electron chi connectivity index (χ3n) is 6.61. The van der Waals surface area contributed by atoms with E-state index in [1.165, 1.54) is 11.3 Å². The largest absolute Gasteiger partial charge is 0.491 e. The fourth-order valence-electron chi connectivity index (χ4n) is 4.46. The smallest absolute Gasteiger partial charge is 0.490 e. The second-order valence-corrected chi connectivity index (χ2v) is 10.3. The number of piperazine rings is 1. The highest BCUT2D eigenvalue weighted by atomic mass is 32.1. The van der Waals surface area contributed by atoms with Gasteiger partial charge in [-0.15, -0.1) is 11.3 Å². The number of para-hydroxylation sites is 1. The van der Waals surface area contributed by atoms with Gasteiger partial charge < -0.3 is 24.2 Å². The number of benzene rings is 1. The van der Waals surface area contributed by atoms with Crippen molar-refractivity contribution in [1.82, 2.24) is 14.5 Å². The number of carbonyl (C=O) groups excluding carboxylic acids is 1. The number of ether oxygens (including phenoxy) is 1. The summed E-state index contributed by atoms with van der Waals surface area (Å²) >= 11 is 1.38. The van der Waals surface area contributed by atoms with E-state index in [0.29, 0.717) is 48.8 Å². The maximum atomic E-state index is 13.7. The minimum absolute atomic E-state index is 0.0699. The van der Waals surface area contributed by atoms with Gasteiger partial charge in [0.1, 0.15) is 16.1 Å². The number of amides is 1. The summed E-state index contributed by atoms with van der Waals surface area (Å²) in [6.45, 7) is 5.18. The van der Waals surface area contributed by atoms with Crippen LogP contribution < -0.4 is 15.2 Å². The molecule has 0 atom stereocenters. The van der Waals surface area contributed by atoms with Gasteiger partial charge in [-0.05, 0) is 24.6 Å². The van der Waals surface area contributed by atoms with Crippen LogP contribution in [0.15, 0.2) is 53.5 Å². The van der Waals surface area contributed by atoms with Crippen molar-refractivity contribution in [2.75, 3.05) is 37.7 Å². The lowest BCUT2D eigenvalue weighted by Gasteiger charge is -2.35. The molecule has 41 heavy (non-hydrogen) atoms. The number of rotatable bonds is 6. The van der Waals surface area contributed by atoms with Gasteiger partial charge in [-0.2, -0.15) is 13.2 Å². The number of pyridine rings is 2. The molecule has 0 spiro atoms. The third-order valence-corrected chi connectivity index (χ3v) is 7.81. The standard InChI is InChI=1S/C26H28N4O3S.C2HF3O2/c1-3-4-17-33-22-21-23(18-9-5-6-10-19(18)28(2)25(21)31)34-24(22)26(32)30-15-13-29(14-16-30)20-11-7-8-12-27-20;3-2(4,5)1(6)7/h5-12H,3-4,13-17H2,1-2H3;(H,6,7). The Morgan fingerprint density at radius 3 is 2.34 bits per heavy atom. The Labute approximate surface area is 237 Å². The monoisotopic (exact) mass is 590 g/mol. The number of carboxylic acid groups (broad SMARTS) is 1. The van der Waals surface area contributed by atoms with E-state index in [4.69, 9.17) is 14.6 Å². The van der Waals surface area contributed by atoms with Gasteiger partial charge in [0.15, 0.2) is 5.75 Å². The maximum absolute atomic E-state index is 13.7. The molecule has 13 heteroatoms. The van der Waals surface area contributed by atoms with Crippen molar-refractivity contribution < 1.29 is 32.6 Å². The summed E-state index contributed by atoms with van der Waals surface area (Å²) in [7, 11) is 1.77. The molecule has 1 aromatic carbocycles. The number of aromatic nitrogens is 2. The molecule has 0 saturated carbocycles. The van der Waals surface area contributed by atoms with Crippen molar-refractivity contribution in [3.63, 3.8) is 0 Å². The minimum atomic E-state index is -5.08. The van der Waals surface area contributed by atoms with Crippen LogP contribution in [0.25, 0.3) is 21.0 Å². The Bertz CT molecular complexity index is 1600. The number of anilines is 1. The van der Waals surface area contributed by atoms with Crippen molar-refractivity contribution >= 4 is 50.0 Å². The van der Waals surface area contributed by atoms with Crippen LogP contribution in [-0.2, 0) is 11.8 Å². The van der Waals surface area contributed by atoms with Crippen molar-refractivity contribution in [2.24, 2.45) is 7.05 Å². The summed E-state index contributed by atoms with van der Waals surface area (Å²) in [6, 6.07) is 13.7. The number of fused-ring (bicyclic) bond motifs is 3. The van der Waals surface area contributed by atoms with Crippen LogP contribution in [0, 0.1) is 0 Å². The predicted octanol–water partition coefficient (Wildman–Crippen LogP) is 4.92. The van der Waals surface area contributed by atoms with Gasteiger partial charge in [0.25, 0.3) is 11.5 Å². The molecule has 4 heterocycles. The Hall–Kier alpha value is -4.13. The number of carbonyl (C=O) groups is 2. The molecule has 1 aliphatic rings. The van der Waals surface area contributed by atoms with Crippen molar-refractivity contribution in [2.45, 2.75) is 25.9 Å². The summed E-state index contributed by atoms with van der Waals surface area (Å²) in [6.07, 6.45) is -1.46. The first-order chi connectivity index (χ1) is 19.5. The molecule has 218 valence electrons. The molecule has 1 amide bonds. The van der Waals surface area contributed by atoms with Crippen molar-refractivity contribution in [3.8, 4) is 5.75 Å². The molecule has 5 rings (SSSR count). The number of aliphatic carboxylic acids is 1. The van der Waals surface area contributed by atoms with E-state index < -0.39 is 12.1 Å². The second kappa shape index (κ2) is 12.6. The summed E-state index contributed by atoms with van der Waals surface area (Å²) in [4.78, 5) is 45.0. The molecule has 0 radical (unpaired) electrons. The number of nitrogens with zero attached hydrogens (tertiary/aromatic N) is 4. The number of unbranched alkanes of at least 4 members (excludes halogenated alkanes) is 1. The highest BCUT2D eigenvalue weighted by Gasteiger charge is 2.38. The molecule has 1 fully saturated rings. The van der Waals surface area contributed by atoms with Gasteiger partial charge in [-0.3, -0.25) is 9.59 Å². The number of thiophene rings is 1. The Kier molecular flexibility index (Phi) is 9.16. The minimum Gasteiger partial charge on any atom is -0.491 e. The average molecular weight is 591 g/mol. The lowest BCUT2D eigenvalue weighted by atomic mass is 10.1. The molecular formula is C28H29F3N4O5S. The number of hydrogen-bond donors (Lipinski definition) is 1. The van der Waals surface area contributed by atoms with Crippen molar-refractivity contribution in [3.05, 3.63) is 63.9 Å². The highest BCUT2D eigenvalue weighted by Crippen LogP contribution is 2.40. The quantitative estimate of drug-likeness (QED) is 0.318. The number of hydrogen-bond acceptors (Lipinski definition) is 7. The SMILES string of the molecule is CCCCOc1c(C(=O)N2CCN(c3ccccn3)CC2)sc2c1c(=O)n(C)c1ccccc21.O=C(O)C(F)(F)F. The van der Waals surface area contributed by atoms with Crippen LogP contribution >= 0.6 is 11.3 Å². The molecule has 1 saturated heterocycles. The van der Waals surface area contributed by atoms with Crippen LogP contribution in [0.4, 0.5) is 19.0 Å². The van der Waals surface area contributed by atoms with Crippen LogP contribution in [-0.4, -0.2) is 70.4 Å². The molecule has 1 aliphatic heterocycles. The van der Waals surface area contributed by atoms with E-state index in [-0.39, 0.29) is 11.5 Å². The normalized spacial score (nSPS) is 13.7. The molecule has 0 aliphatic carbocycles. The second-order valence-electron chi connectivity index (χ2n) is 9.32. The number of carboxylic acids is 1. The van der Waals surface area contributed by atoms with Gasteiger partial charge in [0.2, 0.25) is 0 Å². The lowest BCUT2D eigenvalue weighted by molar-refractivity contribution is -0.192. The number of alkyl halides is 3. The molecule has 3 aromatic heterocycles. The Balaban J connectivity index is 0.000000493. The van der Waals surface area contributed by atoms with E-state index >= 15 is 0 Å². The highest BCUT2D eigenvalue weighted by molar-refractivity contribution is 7.22. The maximum Gasteiger partial charge on any atom is 0.490 e. The molecule has 4 aromatic rings. The lowest BCUT2D eigenvalue weighted by Crippen LogP contribution is -2.49. The van der Waals surface area contributed by atoms with Crippen molar-refractivity contribution in [1.29, 1.82) is 0 Å². The number of aryl methyl sites for hydroxylation is 1. The summed E-state index contributed by atoms with van der Waals surface area (Å²) < 4.78 is 40.4. The molecule has 0 unspecified atom stereocenters. The van der Waals surface area contributed by atoms with Gasteiger partial charge in [0.05, 0.1) is 16.8 Å². The Morgan fingerprint density at radius 2 is 1.73 bits per heavy atom. The molecule has 1 N–H and O–H groups in total. The topological polar surface area (TPSA) is 105 Å². The van der Waals surface area contributed by atoms with Gasteiger partial charge >= 0.3 is 12.1 Å². The summed E-state index contributed by atoms with van der Waals surface area (Å²) in [5, 5.41) is 8.60. The predicted molar refractivity (Wildman–Crippen MR) is 151 cm³/mol. The van der Waals surface area contributed by atoms with E-state index in [1.807, 2.05) is 47.4 Å². The third kappa shape index (κ3) is 6.45. The fourth-order valence-corrected chi connectivity index (χ4v) is 5.69. The zero-order chi connectivity index (χ0) is 29.7. The van der Waals surface area contributed by atoms with Crippen LogP contribution in [0.1, 0.15) is 29.4 Å². The first kappa shape index (κ1) is 29.8. The van der Waals surface area contributed by atoms with Gasteiger partial charge in [0, 0.05) is 44.8 Å². The molecule has 0 bridgehead atoms. The summed E-state index contributed by atoms with van der Waals surface area (Å²) in [5.74, 6) is -1.46. The first-order valence-electron chi connectivity index (χ1n) is 13.0. The average Bonchev–Trinajstić information content (AvgIpc) is 3.36. The van der Waals surface area contributed by atoms with Gasteiger partial charge in [-0.1, -0.05) is 37.6 Å². The molecule has 9 nitrogen and oxygen atoms in total. The summed E-state index contributed by atoms with van der Waals surface area (Å²) in [5.41, 5.74) is 0.722. The number of halogens is 3. The van der Waals surface area contributed by atoms with Crippen LogP contribution in [0.5, 0.6) is 5.75 Å². The zero-order valence-electron chi connectivity index (χ0n) is 22.5. The van der Waals surface area contributed by atoms with Crippen LogP contribution in [0.3, 0.4) is 0 Å². The van der Waals surface area contributed by atoms with E-state index in [1.54, 1.807) is 17.8 Å².